The maximum Gasteiger partial charge on any atom is 0.315 e. The van der Waals surface area contributed by atoms with E-state index in [1.165, 1.54) is 12.1 Å². The maximum absolute atomic E-state index is 13.3. The van der Waals surface area contributed by atoms with Gasteiger partial charge < -0.3 is 20.5 Å². The number of halogens is 1. The van der Waals surface area contributed by atoms with Gasteiger partial charge in [-0.2, -0.15) is 0 Å². The fourth-order valence-corrected chi connectivity index (χ4v) is 2.74. The SMILES string of the molecule is CC(C)CC(O)CNC(=O)NC1CCCOc2cc(F)ccc21. The molecular weight excluding hydrogens is 299 g/mol. The van der Waals surface area contributed by atoms with Gasteiger partial charge in [-0.3, -0.25) is 0 Å². The third-order valence-electron chi connectivity index (χ3n) is 3.79. The number of fused-ring (bicyclic) bond motifs is 1. The first kappa shape index (κ1) is 17.5. The van der Waals surface area contributed by atoms with Crippen molar-refractivity contribution in [2.75, 3.05) is 13.2 Å². The van der Waals surface area contributed by atoms with Crippen LogP contribution in [0.2, 0.25) is 0 Å². The predicted molar refractivity (Wildman–Crippen MR) is 85.9 cm³/mol. The molecule has 1 heterocycles. The molecule has 2 atom stereocenters. The van der Waals surface area contributed by atoms with Gasteiger partial charge in [0, 0.05) is 18.2 Å². The lowest BCUT2D eigenvalue weighted by atomic mass is 10.0. The number of ether oxygens (including phenoxy) is 1. The number of amides is 2. The van der Waals surface area contributed by atoms with E-state index < -0.39 is 6.10 Å². The molecule has 0 aromatic heterocycles. The van der Waals surface area contributed by atoms with Crippen LogP contribution in [0.5, 0.6) is 5.75 Å². The van der Waals surface area contributed by atoms with Crippen LogP contribution in [0.15, 0.2) is 18.2 Å². The Morgan fingerprint density at radius 1 is 1.48 bits per heavy atom. The number of carbonyl (C=O) groups excluding carboxylic acids is 1. The van der Waals surface area contributed by atoms with Gasteiger partial charge in [0.05, 0.1) is 18.8 Å². The zero-order valence-electron chi connectivity index (χ0n) is 13.6. The Balaban J connectivity index is 1.93. The molecule has 3 N–H and O–H groups in total. The van der Waals surface area contributed by atoms with Crippen molar-refractivity contribution in [1.82, 2.24) is 10.6 Å². The Morgan fingerprint density at radius 2 is 2.26 bits per heavy atom. The van der Waals surface area contributed by atoms with Crippen molar-refractivity contribution < 1.29 is 19.0 Å². The zero-order chi connectivity index (χ0) is 16.8. The van der Waals surface area contributed by atoms with Gasteiger partial charge in [0.25, 0.3) is 0 Å². The van der Waals surface area contributed by atoms with Crippen LogP contribution in [-0.4, -0.2) is 30.4 Å². The molecule has 5 nitrogen and oxygen atoms in total. The van der Waals surface area contributed by atoms with Gasteiger partial charge in [-0.1, -0.05) is 19.9 Å². The fourth-order valence-electron chi connectivity index (χ4n) is 2.74. The highest BCUT2D eigenvalue weighted by Crippen LogP contribution is 2.31. The smallest absolute Gasteiger partial charge is 0.315 e. The van der Waals surface area contributed by atoms with Crippen LogP contribution < -0.4 is 15.4 Å². The number of urea groups is 1. The number of hydrogen-bond acceptors (Lipinski definition) is 3. The van der Waals surface area contributed by atoms with E-state index in [1.54, 1.807) is 6.07 Å². The quantitative estimate of drug-likeness (QED) is 0.780. The van der Waals surface area contributed by atoms with Crippen LogP contribution >= 0.6 is 0 Å². The Hall–Kier alpha value is -1.82. The molecule has 0 aliphatic carbocycles. The van der Waals surface area contributed by atoms with Crippen LogP contribution in [0.25, 0.3) is 0 Å². The summed E-state index contributed by atoms with van der Waals surface area (Å²) in [7, 11) is 0. The van der Waals surface area contributed by atoms with Gasteiger partial charge in [0.1, 0.15) is 11.6 Å². The lowest BCUT2D eigenvalue weighted by molar-refractivity contribution is 0.146. The first-order chi connectivity index (χ1) is 11.0. The number of aliphatic hydroxyl groups is 1. The second kappa shape index (κ2) is 8.15. The molecular formula is C17H25FN2O3. The molecule has 23 heavy (non-hydrogen) atoms. The van der Waals surface area contributed by atoms with Crippen molar-refractivity contribution in [3.8, 4) is 5.75 Å². The molecule has 2 rings (SSSR count). The second-order valence-corrected chi connectivity index (χ2v) is 6.36. The average Bonchev–Trinajstić information content (AvgIpc) is 2.66. The minimum absolute atomic E-state index is 0.212. The molecule has 0 bridgehead atoms. The van der Waals surface area contributed by atoms with Crippen molar-refractivity contribution in [1.29, 1.82) is 0 Å². The number of aliphatic hydroxyl groups excluding tert-OH is 1. The maximum atomic E-state index is 13.3. The van der Waals surface area contributed by atoms with Gasteiger partial charge in [0.2, 0.25) is 0 Å². The number of nitrogens with one attached hydrogen (secondary N) is 2. The molecule has 0 radical (unpaired) electrons. The van der Waals surface area contributed by atoms with Gasteiger partial charge in [-0.25, -0.2) is 9.18 Å². The van der Waals surface area contributed by atoms with E-state index in [2.05, 4.69) is 10.6 Å². The molecule has 128 valence electrons. The number of hydrogen-bond donors (Lipinski definition) is 3. The molecule has 1 aliphatic heterocycles. The van der Waals surface area contributed by atoms with Crippen LogP contribution in [0.3, 0.4) is 0 Å². The van der Waals surface area contributed by atoms with E-state index in [9.17, 15) is 14.3 Å². The summed E-state index contributed by atoms with van der Waals surface area (Å²) >= 11 is 0. The van der Waals surface area contributed by atoms with Crippen molar-refractivity contribution in [3.05, 3.63) is 29.6 Å². The van der Waals surface area contributed by atoms with Crippen LogP contribution in [0.4, 0.5) is 9.18 Å². The molecule has 1 aliphatic rings. The largest absolute Gasteiger partial charge is 0.493 e. The lowest BCUT2D eigenvalue weighted by Crippen LogP contribution is -2.41. The summed E-state index contributed by atoms with van der Waals surface area (Å²) in [5, 5.41) is 15.4. The lowest BCUT2D eigenvalue weighted by Gasteiger charge is -2.20. The third-order valence-corrected chi connectivity index (χ3v) is 3.79. The molecule has 1 aromatic rings. The Labute approximate surface area is 136 Å². The Morgan fingerprint density at radius 3 is 3.00 bits per heavy atom. The van der Waals surface area contributed by atoms with Crippen molar-refractivity contribution >= 4 is 6.03 Å². The average molecular weight is 324 g/mol. The minimum atomic E-state index is -0.556. The predicted octanol–water partition coefficient (Wildman–Crippen LogP) is 2.75. The summed E-state index contributed by atoms with van der Waals surface area (Å²) in [6.45, 7) is 4.75. The van der Waals surface area contributed by atoms with E-state index >= 15 is 0 Å². The van der Waals surface area contributed by atoms with E-state index in [0.29, 0.717) is 24.7 Å². The van der Waals surface area contributed by atoms with Crippen molar-refractivity contribution in [2.24, 2.45) is 5.92 Å². The highest BCUT2D eigenvalue weighted by molar-refractivity contribution is 5.74. The van der Waals surface area contributed by atoms with E-state index in [0.717, 1.165) is 18.4 Å². The Bertz CT molecular complexity index is 537. The van der Waals surface area contributed by atoms with Crippen LogP contribution in [0.1, 0.15) is 44.7 Å². The Kier molecular flexibility index (Phi) is 6.21. The second-order valence-electron chi connectivity index (χ2n) is 6.36. The number of rotatable bonds is 5. The summed E-state index contributed by atoms with van der Waals surface area (Å²) in [5.74, 6) is 0.494. The molecule has 6 heteroatoms. The van der Waals surface area contributed by atoms with E-state index in [4.69, 9.17) is 4.74 Å². The first-order valence-electron chi connectivity index (χ1n) is 8.10. The van der Waals surface area contributed by atoms with Crippen LogP contribution in [-0.2, 0) is 0 Å². The number of benzene rings is 1. The highest BCUT2D eigenvalue weighted by Gasteiger charge is 2.22. The normalized spacial score (nSPS) is 18.6. The van der Waals surface area contributed by atoms with Crippen LogP contribution in [0, 0.1) is 11.7 Å². The van der Waals surface area contributed by atoms with Gasteiger partial charge >= 0.3 is 6.03 Å². The zero-order valence-corrected chi connectivity index (χ0v) is 13.6. The first-order valence-corrected chi connectivity index (χ1v) is 8.10. The van der Waals surface area contributed by atoms with Gasteiger partial charge in [-0.15, -0.1) is 0 Å². The fraction of sp³-hybridized carbons (Fsp3) is 0.588. The summed E-state index contributed by atoms with van der Waals surface area (Å²) in [4.78, 5) is 12.0. The standard InChI is InChI=1S/C17H25FN2O3/c1-11(2)8-13(21)10-19-17(22)20-15-4-3-7-23-16-9-12(18)5-6-14(15)16/h5-6,9,11,13,15,21H,3-4,7-8,10H2,1-2H3,(H2,19,20,22). The minimum Gasteiger partial charge on any atom is -0.493 e. The molecule has 2 amide bonds. The monoisotopic (exact) mass is 324 g/mol. The summed E-state index contributed by atoms with van der Waals surface area (Å²) < 4.78 is 18.9. The van der Waals surface area contributed by atoms with E-state index in [-0.39, 0.29) is 24.4 Å². The van der Waals surface area contributed by atoms with Crippen molar-refractivity contribution in [2.45, 2.75) is 45.3 Å². The van der Waals surface area contributed by atoms with Gasteiger partial charge in [0.15, 0.2) is 0 Å². The molecule has 0 saturated heterocycles. The molecule has 2 unspecified atom stereocenters. The summed E-state index contributed by atoms with van der Waals surface area (Å²) in [5.41, 5.74) is 0.779. The molecule has 1 aromatic carbocycles. The van der Waals surface area contributed by atoms with Crippen molar-refractivity contribution in [3.63, 3.8) is 0 Å². The topological polar surface area (TPSA) is 70.6 Å². The molecule has 0 spiro atoms. The van der Waals surface area contributed by atoms with Gasteiger partial charge in [-0.05, 0) is 31.2 Å². The number of carbonyl (C=O) groups is 1. The summed E-state index contributed by atoms with van der Waals surface area (Å²) in [6, 6.07) is 3.80. The summed E-state index contributed by atoms with van der Waals surface area (Å²) in [6.07, 6.45) is 1.58. The van der Waals surface area contributed by atoms with E-state index in [1.807, 2.05) is 13.8 Å². The molecule has 0 fully saturated rings. The highest BCUT2D eigenvalue weighted by atomic mass is 19.1. The third kappa shape index (κ3) is 5.39. The molecule has 0 saturated carbocycles.